The molecule has 0 radical (unpaired) electrons. The quantitative estimate of drug-likeness (QED) is 0.839. The number of nitrogens with zero attached hydrogens (tertiary/aromatic N) is 3. The van der Waals surface area contributed by atoms with Crippen LogP contribution in [-0.2, 0) is 17.9 Å². The summed E-state index contributed by atoms with van der Waals surface area (Å²) in [6.07, 6.45) is 5.18. The average molecular weight is 331 g/mol. The van der Waals surface area contributed by atoms with Crippen molar-refractivity contribution < 1.29 is 9.26 Å². The minimum atomic E-state index is 0.358. The molecule has 4 rings (SSSR count). The van der Waals surface area contributed by atoms with Crippen molar-refractivity contribution in [2.75, 3.05) is 18.8 Å². The number of hydrogen-bond acceptors (Lipinski definition) is 6. The molecule has 6 heteroatoms. The van der Waals surface area contributed by atoms with Crippen molar-refractivity contribution in [2.45, 2.75) is 37.3 Å². The number of aromatic nitrogens is 2. The third kappa shape index (κ3) is 3.44. The van der Waals surface area contributed by atoms with Crippen molar-refractivity contribution in [1.29, 1.82) is 0 Å². The third-order valence-electron chi connectivity index (χ3n) is 4.47. The first-order valence-corrected chi connectivity index (χ1v) is 8.98. The zero-order valence-corrected chi connectivity index (χ0v) is 14.1. The minimum absolute atomic E-state index is 0.358. The fraction of sp³-hybridized carbons (Fsp3) is 0.529. The topological polar surface area (TPSA) is 51.4 Å². The molecule has 122 valence electrons. The van der Waals surface area contributed by atoms with Gasteiger partial charge in [0.15, 0.2) is 0 Å². The van der Waals surface area contributed by atoms with Gasteiger partial charge in [-0.1, -0.05) is 11.2 Å². The molecule has 1 spiro atoms. The van der Waals surface area contributed by atoms with Crippen LogP contribution in [-0.4, -0.2) is 44.7 Å². The predicted octanol–water partition coefficient (Wildman–Crippen LogP) is 2.65. The number of hydrogen-bond donors (Lipinski definition) is 0. The van der Waals surface area contributed by atoms with Gasteiger partial charge in [0, 0.05) is 48.6 Å². The summed E-state index contributed by atoms with van der Waals surface area (Å²) in [7, 11) is 0. The number of rotatable bonds is 5. The van der Waals surface area contributed by atoms with E-state index in [4.69, 9.17) is 9.26 Å². The Hall–Kier alpha value is -1.37. The van der Waals surface area contributed by atoms with Gasteiger partial charge in [-0.3, -0.25) is 9.88 Å². The Morgan fingerprint density at radius 3 is 3.13 bits per heavy atom. The van der Waals surface area contributed by atoms with Gasteiger partial charge in [-0.05, 0) is 25.0 Å². The highest BCUT2D eigenvalue weighted by Crippen LogP contribution is 2.46. The molecule has 5 nitrogen and oxygen atoms in total. The van der Waals surface area contributed by atoms with Crippen molar-refractivity contribution >= 4 is 11.8 Å². The van der Waals surface area contributed by atoms with Crippen LogP contribution in [0.1, 0.15) is 23.4 Å². The molecule has 2 aromatic rings. The van der Waals surface area contributed by atoms with Crippen LogP contribution >= 0.6 is 11.8 Å². The Kier molecular flexibility index (Phi) is 4.13. The predicted molar refractivity (Wildman–Crippen MR) is 89.1 cm³/mol. The summed E-state index contributed by atoms with van der Waals surface area (Å²) in [6, 6.07) is 6.04. The van der Waals surface area contributed by atoms with Gasteiger partial charge in [0.1, 0.15) is 5.76 Å². The van der Waals surface area contributed by atoms with E-state index in [-0.39, 0.29) is 0 Å². The lowest BCUT2D eigenvalue weighted by Crippen LogP contribution is -2.58. The number of likely N-dealkylation sites (tertiary alicyclic amines) is 1. The van der Waals surface area contributed by atoms with E-state index in [9.17, 15) is 0 Å². The molecule has 4 heterocycles. The number of ether oxygens (including phenoxy) is 1. The second kappa shape index (κ2) is 6.26. The summed E-state index contributed by atoms with van der Waals surface area (Å²) in [4.78, 5) is 6.57. The molecule has 2 aliphatic heterocycles. The molecule has 0 unspecified atom stereocenters. The molecule has 0 saturated carbocycles. The van der Waals surface area contributed by atoms with Gasteiger partial charge in [0.05, 0.1) is 18.4 Å². The monoisotopic (exact) mass is 331 g/mol. The third-order valence-corrected chi connectivity index (χ3v) is 6.05. The number of pyridine rings is 1. The molecule has 1 atom stereocenters. The van der Waals surface area contributed by atoms with Crippen LogP contribution in [0.5, 0.6) is 0 Å². The van der Waals surface area contributed by atoms with Gasteiger partial charge in [-0.2, -0.15) is 0 Å². The van der Waals surface area contributed by atoms with E-state index in [1.807, 2.05) is 25.3 Å². The van der Waals surface area contributed by atoms with E-state index in [2.05, 4.69) is 32.9 Å². The lowest BCUT2D eigenvalue weighted by Gasteiger charge is -2.47. The molecular weight excluding hydrogens is 310 g/mol. The standard InChI is InChI=1S/C17H21N3O2S/c1-13-5-15(19-22-13)8-20-11-17(12-20)6-16(10-23-17)21-9-14-3-2-4-18-7-14/h2-5,7,16H,6,8-12H2,1H3/t16-/m1/s1. The molecule has 2 fully saturated rings. The fourth-order valence-electron chi connectivity index (χ4n) is 3.43. The van der Waals surface area contributed by atoms with Crippen LogP contribution in [0.25, 0.3) is 0 Å². The minimum Gasteiger partial charge on any atom is -0.373 e. The molecule has 23 heavy (non-hydrogen) atoms. The summed E-state index contributed by atoms with van der Waals surface area (Å²) in [5, 5.41) is 4.08. The van der Waals surface area contributed by atoms with Crippen LogP contribution in [0.2, 0.25) is 0 Å². The van der Waals surface area contributed by atoms with Gasteiger partial charge in [-0.25, -0.2) is 0 Å². The summed E-state index contributed by atoms with van der Waals surface area (Å²) in [6.45, 7) is 5.73. The zero-order chi connectivity index (χ0) is 15.7. The van der Waals surface area contributed by atoms with Crippen molar-refractivity contribution in [2.24, 2.45) is 0 Å². The fourth-order valence-corrected chi connectivity index (χ4v) is 5.03. The van der Waals surface area contributed by atoms with Gasteiger partial charge in [0.2, 0.25) is 0 Å². The number of thioether (sulfide) groups is 1. The Balaban J connectivity index is 1.23. The van der Waals surface area contributed by atoms with Crippen LogP contribution in [0.4, 0.5) is 0 Å². The van der Waals surface area contributed by atoms with Crippen LogP contribution in [0.15, 0.2) is 35.1 Å². The molecule has 0 N–H and O–H groups in total. The lowest BCUT2D eigenvalue weighted by atomic mass is 9.93. The Morgan fingerprint density at radius 1 is 1.48 bits per heavy atom. The van der Waals surface area contributed by atoms with E-state index in [1.165, 1.54) is 0 Å². The highest BCUT2D eigenvalue weighted by molar-refractivity contribution is 8.01. The second-order valence-electron chi connectivity index (χ2n) is 6.57. The van der Waals surface area contributed by atoms with Crippen molar-refractivity contribution in [3.8, 4) is 0 Å². The molecule has 0 bridgehead atoms. The van der Waals surface area contributed by atoms with Gasteiger partial charge in [0.25, 0.3) is 0 Å². The summed E-state index contributed by atoms with van der Waals surface area (Å²) in [5.41, 5.74) is 2.18. The maximum absolute atomic E-state index is 6.07. The first-order chi connectivity index (χ1) is 11.2. The van der Waals surface area contributed by atoms with Crippen LogP contribution < -0.4 is 0 Å². The smallest absolute Gasteiger partial charge is 0.133 e. The maximum Gasteiger partial charge on any atom is 0.133 e. The van der Waals surface area contributed by atoms with Gasteiger partial charge in [-0.15, -0.1) is 11.8 Å². The number of aryl methyl sites for hydroxylation is 1. The Labute approximate surface area is 140 Å². The summed E-state index contributed by atoms with van der Waals surface area (Å²) >= 11 is 2.07. The highest BCUT2D eigenvalue weighted by atomic mass is 32.2. The summed E-state index contributed by atoms with van der Waals surface area (Å²) in [5.74, 6) is 1.98. The second-order valence-corrected chi connectivity index (χ2v) is 8.05. The highest BCUT2D eigenvalue weighted by Gasteiger charge is 2.49. The zero-order valence-electron chi connectivity index (χ0n) is 13.3. The Bertz CT molecular complexity index is 655. The molecule has 0 aliphatic carbocycles. The molecule has 2 aromatic heterocycles. The molecule has 0 amide bonds. The SMILES string of the molecule is Cc1cc(CN2CC3(C[C@@H](OCc4cccnc4)CS3)C2)no1. The van der Waals surface area contributed by atoms with E-state index in [0.717, 1.165) is 48.8 Å². The maximum atomic E-state index is 6.07. The van der Waals surface area contributed by atoms with E-state index >= 15 is 0 Å². The summed E-state index contributed by atoms with van der Waals surface area (Å²) < 4.78 is 11.6. The van der Waals surface area contributed by atoms with Gasteiger partial charge >= 0.3 is 0 Å². The molecule has 2 saturated heterocycles. The first-order valence-electron chi connectivity index (χ1n) is 8.00. The van der Waals surface area contributed by atoms with E-state index in [1.54, 1.807) is 6.20 Å². The van der Waals surface area contributed by atoms with E-state index in [0.29, 0.717) is 17.5 Å². The first kappa shape index (κ1) is 15.2. The van der Waals surface area contributed by atoms with Crippen molar-refractivity contribution in [3.63, 3.8) is 0 Å². The molecule has 0 aromatic carbocycles. The lowest BCUT2D eigenvalue weighted by molar-refractivity contribution is 0.0258. The normalized spacial score (nSPS) is 23.3. The van der Waals surface area contributed by atoms with Crippen molar-refractivity contribution in [3.05, 3.63) is 47.6 Å². The average Bonchev–Trinajstić information content (AvgIpc) is 3.13. The largest absolute Gasteiger partial charge is 0.373 e. The Morgan fingerprint density at radius 2 is 2.39 bits per heavy atom. The van der Waals surface area contributed by atoms with Crippen molar-refractivity contribution in [1.82, 2.24) is 15.0 Å². The van der Waals surface area contributed by atoms with Crippen LogP contribution in [0, 0.1) is 6.92 Å². The molecular formula is C17H21N3O2S. The van der Waals surface area contributed by atoms with E-state index < -0.39 is 0 Å². The van der Waals surface area contributed by atoms with Crippen LogP contribution in [0.3, 0.4) is 0 Å². The van der Waals surface area contributed by atoms with Gasteiger partial charge < -0.3 is 9.26 Å². The molecule has 2 aliphatic rings.